The zero-order chi connectivity index (χ0) is 20.0. The average molecular weight is 389 g/mol. The molecule has 0 unspecified atom stereocenters. The normalized spacial score (nSPS) is 12.3. The minimum atomic E-state index is -3.86. The van der Waals surface area contributed by atoms with E-state index in [-0.39, 0.29) is 10.8 Å². The van der Waals surface area contributed by atoms with Gasteiger partial charge in [-0.1, -0.05) is 29.8 Å². The van der Waals surface area contributed by atoms with Crippen LogP contribution >= 0.6 is 0 Å². The summed E-state index contributed by atoms with van der Waals surface area (Å²) in [7, 11) is -3.86. The zero-order valence-corrected chi connectivity index (χ0v) is 16.3. The summed E-state index contributed by atoms with van der Waals surface area (Å²) in [5, 5.41) is 5.28. The quantitative estimate of drug-likeness (QED) is 0.673. The molecule has 7 nitrogen and oxygen atoms in total. The molecule has 2 aromatic carbocycles. The summed E-state index contributed by atoms with van der Waals surface area (Å²) in [6, 6.07) is 12.5. The molecular formula is C19H23N3O4S. The summed E-state index contributed by atoms with van der Waals surface area (Å²) in [5.74, 6) is -0.669. The van der Waals surface area contributed by atoms with Gasteiger partial charge in [0.05, 0.1) is 10.9 Å². The van der Waals surface area contributed by atoms with Crippen molar-refractivity contribution in [2.45, 2.75) is 38.3 Å². The van der Waals surface area contributed by atoms with Gasteiger partial charge < -0.3 is 10.6 Å². The molecule has 0 fully saturated rings. The third-order valence-corrected chi connectivity index (χ3v) is 5.32. The van der Waals surface area contributed by atoms with E-state index in [1.807, 2.05) is 31.2 Å². The Labute approximate surface area is 159 Å². The van der Waals surface area contributed by atoms with Crippen molar-refractivity contribution in [3.05, 3.63) is 59.7 Å². The van der Waals surface area contributed by atoms with Crippen LogP contribution < -0.4 is 15.4 Å². The Hall–Kier alpha value is -2.71. The molecule has 0 aliphatic carbocycles. The minimum Gasteiger partial charge on any atom is -0.351 e. The maximum atomic E-state index is 12.4. The lowest BCUT2D eigenvalue weighted by Gasteiger charge is -2.15. The molecule has 144 valence electrons. The number of hydrogen-bond acceptors (Lipinski definition) is 4. The van der Waals surface area contributed by atoms with Gasteiger partial charge in [0.1, 0.15) is 0 Å². The second-order valence-corrected chi connectivity index (χ2v) is 7.97. The topological polar surface area (TPSA) is 104 Å². The second-order valence-electron chi connectivity index (χ2n) is 6.26. The van der Waals surface area contributed by atoms with E-state index in [2.05, 4.69) is 15.4 Å². The number of amides is 2. The molecule has 1 atom stereocenters. The Kier molecular flexibility index (Phi) is 6.70. The number of carbonyl (C=O) groups excluding carboxylic acids is 2. The van der Waals surface area contributed by atoms with Crippen molar-refractivity contribution in [2.24, 2.45) is 0 Å². The van der Waals surface area contributed by atoms with Crippen molar-refractivity contribution < 1.29 is 18.0 Å². The first-order chi connectivity index (χ1) is 12.7. The third kappa shape index (κ3) is 6.19. The van der Waals surface area contributed by atoms with Crippen LogP contribution in [0.1, 0.15) is 25.0 Å². The Morgan fingerprint density at radius 2 is 1.74 bits per heavy atom. The van der Waals surface area contributed by atoms with E-state index in [0.29, 0.717) is 12.2 Å². The van der Waals surface area contributed by atoms with E-state index in [9.17, 15) is 18.0 Å². The molecule has 0 aromatic heterocycles. The number of nitrogens with one attached hydrogen (secondary N) is 3. The predicted molar refractivity (Wildman–Crippen MR) is 104 cm³/mol. The summed E-state index contributed by atoms with van der Waals surface area (Å²) >= 11 is 0. The van der Waals surface area contributed by atoms with Crippen LogP contribution in [0.15, 0.2) is 53.4 Å². The number of carbonyl (C=O) groups is 2. The second kappa shape index (κ2) is 8.79. The molecule has 2 rings (SSSR count). The largest absolute Gasteiger partial charge is 0.351 e. The van der Waals surface area contributed by atoms with Gasteiger partial charge in [-0.25, -0.2) is 8.42 Å². The van der Waals surface area contributed by atoms with Crippen LogP contribution in [-0.2, 0) is 26.2 Å². The fraction of sp³-hybridized carbons (Fsp3) is 0.263. The standard InChI is InChI=1S/C19H23N3O4S/c1-13-5-4-6-16(11-13)12-20-19(24)14(2)22-27(25,26)18-9-7-17(8-10-18)21-15(3)23/h4-11,14,22H,12H2,1-3H3,(H,20,24)(H,21,23)/t14-/m0/s1. The first kappa shape index (κ1) is 20.6. The van der Waals surface area contributed by atoms with Crippen molar-refractivity contribution in [3.8, 4) is 0 Å². The average Bonchev–Trinajstić information content (AvgIpc) is 2.59. The van der Waals surface area contributed by atoms with Crippen molar-refractivity contribution in [2.75, 3.05) is 5.32 Å². The summed E-state index contributed by atoms with van der Waals surface area (Å²) < 4.78 is 27.2. The van der Waals surface area contributed by atoms with Crippen molar-refractivity contribution in [1.82, 2.24) is 10.0 Å². The summed E-state index contributed by atoms with van der Waals surface area (Å²) in [4.78, 5) is 23.2. The Balaban J connectivity index is 1.97. The Morgan fingerprint density at radius 3 is 2.33 bits per heavy atom. The highest BCUT2D eigenvalue weighted by molar-refractivity contribution is 7.89. The highest BCUT2D eigenvalue weighted by Gasteiger charge is 2.21. The monoisotopic (exact) mass is 389 g/mol. The number of anilines is 1. The number of hydrogen-bond donors (Lipinski definition) is 3. The van der Waals surface area contributed by atoms with Gasteiger partial charge in [-0.3, -0.25) is 9.59 Å². The van der Waals surface area contributed by atoms with Crippen LogP contribution in [0.2, 0.25) is 0 Å². The minimum absolute atomic E-state index is 0.00920. The Morgan fingerprint density at radius 1 is 1.07 bits per heavy atom. The highest BCUT2D eigenvalue weighted by atomic mass is 32.2. The molecule has 0 saturated heterocycles. The molecule has 27 heavy (non-hydrogen) atoms. The zero-order valence-electron chi connectivity index (χ0n) is 15.4. The van der Waals surface area contributed by atoms with Crippen molar-refractivity contribution >= 4 is 27.5 Å². The van der Waals surface area contributed by atoms with E-state index < -0.39 is 22.0 Å². The molecule has 0 heterocycles. The van der Waals surface area contributed by atoms with Gasteiger partial charge in [-0.2, -0.15) is 4.72 Å². The van der Waals surface area contributed by atoms with Crippen molar-refractivity contribution in [1.29, 1.82) is 0 Å². The number of benzene rings is 2. The molecule has 3 N–H and O–H groups in total. The van der Waals surface area contributed by atoms with Gasteiger partial charge in [0.25, 0.3) is 0 Å². The van der Waals surface area contributed by atoms with Gasteiger partial charge in [0.15, 0.2) is 0 Å². The number of aryl methyl sites for hydroxylation is 1. The van der Waals surface area contributed by atoms with Gasteiger partial charge >= 0.3 is 0 Å². The van der Waals surface area contributed by atoms with E-state index in [0.717, 1.165) is 11.1 Å². The smallest absolute Gasteiger partial charge is 0.241 e. The van der Waals surface area contributed by atoms with Crippen LogP contribution in [-0.4, -0.2) is 26.3 Å². The maximum absolute atomic E-state index is 12.4. The van der Waals surface area contributed by atoms with Crippen LogP contribution in [0, 0.1) is 6.92 Å². The van der Waals surface area contributed by atoms with E-state index in [4.69, 9.17) is 0 Å². The molecule has 0 spiro atoms. The lowest BCUT2D eigenvalue weighted by atomic mass is 10.1. The van der Waals surface area contributed by atoms with Crippen LogP contribution in [0.5, 0.6) is 0 Å². The molecule has 0 aliphatic heterocycles. The first-order valence-electron chi connectivity index (χ1n) is 8.40. The third-order valence-electron chi connectivity index (χ3n) is 3.76. The van der Waals surface area contributed by atoms with E-state index >= 15 is 0 Å². The number of sulfonamides is 1. The summed E-state index contributed by atoms with van der Waals surface area (Å²) in [6.45, 7) is 5.12. The molecule has 0 aliphatic rings. The maximum Gasteiger partial charge on any atom is 0.241 e. The molecule has 2 amide bonds. The predicted octanol–water partition coefficient (Wildman–Crippen LogP) is 1.94. The lowest BCUT2D eigenvalue weighted by Crippen LogP contribution is -2.44. The van der Waals surface area contributed by atoms with Gasteiger partial charge in [0, 0.05) is 19.2 Å². The molecule has 0 saturated carbocycles. The van der Waals surface area contributed by atoms with E-state index in [1.54, 1.807) is 0 Å². The molecule has 2 aromatic rings. The molecule has 0 radical (unpaired) electrons. The van der Waals surface area contributed by atoms with Crippen LogP contribution in [0.25, 0.3) is 0 Å². The fourth-order valence-corrected chi connectivity index (χ4v) is 3.64. The highest BCUT2D eigenvalue weighted by Crippen LogP contribution is 2.14. The summed E-state index contributed by atoms with van der Waals surface area (Å²) in [5.41, 5.74) is 2.51. The van der Waals surface area contributed by atoms with Gasteiger partial charge in [-0.15, -0.1) is 0 Å². The van der Waals surface area contributed by atoms with Crippen LogP contribution in [0.4, 0.5) is 5.69 Å². The number of rotatable bonds is 7. The Bertz CT molecular complexity index is 924. The molecule has 0 bridgehead atoms. The fourth-order valence-electron chi connectivity index (χ4n) is 2.44. The van der Waals surface area contributed by atoms with Gasteiger partial charge in [0.2, 0.25) is 21.8 Å². The molecule has 8 heteroatoms. The van der Waals surface area contributed by atoms with Crippen LogP contribution in [0.3, 0.4) is 0 Å². The van der Waals surface area contributed by atoms with Gasteiger partial charge in [-0.05, 0) is 43.7 Å². The first-order valence-corrected chi connectivity index (χ1v) is 9.89. The molecular weight excluding hydrogens is 366 g/mol. The van der Waals surface area contributed by atoms with Crippen molar-refractivity contribution in [3.63, 3.8) is 0 Å². The van der Waals surface area contributed by atoms with E-state index in [1.165, 1.54) is 38.1 Å². The summed E-state index contributed by atoms with van der Waals surface area (Å²) in [6.07, 6.45) is 0. The SMILES string of the molecule is CC(=O)Nc1ccc(S(=O)(=O)N[C@@H](C)C(=O)NCc2cccc(C)c2)cc1. The lowest BCUT2D eigenvalue weighted by molar-refractivity contribution is -0.122.